The summed E-state index contributed by atoms with van der Waals surface area (Å²) in [5.41, 5.74) is 0.327. The van der Waals surface area contributed by atoms with Crippen LogP contribution in [0.4, 0.5) is 0 Å². The summed E-state index contributed by atoms with van der Waals surface area (Å²) in [4.78, 5) is 0. The minimum Gasteiger partial charge on any atom is -0.229 e. The second-order valence-electron chi connectivity index (χ2n) is 6.16. The fraction of sp³-hybridized carbons (Fsp3) is 1.00. The third-order valence-corrected chi connectivity index (χ3v) is 4.79. The number of hydrogen-bond acceptors (Lipinski definition) is 2. The zero-order valence-corrected chi connectivity index (χ0v) is 10.6. The van der Waals surface area contributed by atoms with Gasteiger partial charge >= 0.3 is 0 Å². The SMILES string of the molecule is CC1(C)CCS(=O)(=O)CCC(C)(C)C1. The molecule has 0 unspecified atom stereocenters. The van der Waals surface area contributed by atoms with E-state index in [1.807, 2.05) is 0 Å². The van der Waals surface area contributed by atoms with Crippen LogP contribution >= 0.6 is 0 Å². The van der Waals surface area contributed by atoms with Gasteiger partial charge < -0.3 is 0 Å². The van der Waals surface area contributed by atoms with E-state index in [-0.39, 0.29) is 10.8 Å². The molecule has 0 aromatic rings. The molecule has 0 N–H and O–H groups in total. The average molecular weight is 218 g/mol. The highest BCUT2D eigenvalue weighted by Gasteiger charge is 2.33. The summed E-state index contributed by atoms with van der Waals surface area (Å²) in [6.07, 6.45) is 2.73. The Morgan fingerprint density at radius 2 is 1.21 bits per heavy atom. The highest BCUT2D eigenvalue weighted by atomic mass is 32.2. The van der Waals surface area contributed by atoms with Crippen molar-refractivity contribution < 1.29 is 8.42 Å². The van der Waals surface area contributed by atoms with Crippen LogP contribution in [0.25, 0.3) is 0 Å². The number of sulfone groups is 1. The molecule has 84 valence electrons. The highest BCUT2D eigenvalue weighted by molar-refractivity contribution is 7.91. The maximum absolute atomic E-state index is 11.6. The Labute approximate surface area is 88.0 Å². The van der Waals surface area contributed by atoms with Crippen LogP contribution in [-0.2, 0) is 9.84 Å². The van der Waals surface area contributed by atoms with E-state index >= 15 is 0 Å². The molecule has 14 heavy (non-hydrogen) atoms. The second kappa shape index (κ2) is 3.51. The van der Waals surface area contributed by atoms with Crippen LogP contribution < -0.4 is 0 Å². The van der Waals surface area contributed by atoms with E-state index in [2.05, 4.69) is 27.7 Å². The lowest BCUT2D eigenvalue weighted by Crippen LogP contribution is -2.31. The molecule has 1 aliphatic heterocycles. The maximum atomic E-state index is 11.6. The van der Waals surface area contributed by atoms with Crippen LogP contribution in [0, 0.1) is 10.8 Å². The fourth-order valence-electron chi connectivity index (χ4n) is 2.44. The van der Waals surface area contributed by atoms with Gasteiger partial charge in [-0.3, -0.25) is 0 Å². The summed E-state index contributed by atoms with van der Waals surface area (Å²) in [7, 11) is -2.78. The molecule has 3 heteroatoms. The van der Waals surface area contributed by atoms with Crippen LogP contribution in [0.2, 0.25) is 0 Å². The molecule has 2 nitrogen and oxygen atoms in total. The summed E-state index contributed by atoms with van der Waals surface area (Å²) in [5.74, 6) is 0.742. The zero-order valence-electron chi connectivity index (χ0n) is 9.76. The third-order valence-electron chi connectivity index (χ3n) is 3.14. The van der Waals surface area contributed by atoms with Gasteiger partial charge in [-0.05, 0) is 30.1 Å². The first-order valence-corrected chi connectivity index (χ1v) is 7.15. The van der Waals surface area contributed by atoms with Gasteiger partial charge in [0.1, 0.15) is 9.84 Å². The number of rotatable bonds is 0. The highest BCUT2D eigenvalue weighted by Crippen LogP contribution is 2.40. The van der Waals surface area contributed by atoms with Gasteiger partial charge in [0.25, 0.3) is 0 Å². The van der Waals surface area contributed by atoms with E-state index in [1.54, 1.807) is 0 Å². The molecule has 0 aliphatic carbocycles. The molecule has 0 aromatic carbocycles. The topological polar surface area (TPSA) is 34.1 Å². The van der Waals surface area contributed by atoms with Crippen molar-refractivity contribution in [2.24, 2.45) is 10.8 Å². The van der Waals surface area contributed by atoms with Gasteiger partial charge in [-0.1, -0.05) is 27.7 Å². The molecular formula is C11H22O2S. The molecule has 1 rings (SSSR count). The third kappa shape index (κ3) is 3.60. The number of hydrogen-bond donors (Lipinski definition) is 0. The van der Waals surface area contributed by atoms with Crippen molar-refractivity contribution in [2.45, 2.75) is 47.0 Å². The first-order valence-electron chi connectivity index (χ1n) is 5.32. The molecule has 0 radical (unpaired) electrons. The van der Waals surface area contributed by atoms with Gasteiger partial charge in [0.2, 0.25) is 0 Å². The minimum atomic E-state index is -2.78. The zero-order chi connectivity index (χ0) is 11.0. The van der Waals surface area contributed by atoms with Crippen molar-refractivity contribution >= 4 is 9.84 Å². The second-order valence-corrected chi connectivity index (χ2v) is 8.46. The molecule has 1 saturated heterocycles. The minimum absolute atomic E-state index is 0.164. The first-order chi connectivity index (χ1) is 6.12. The summed E-state index contributed by atoms with van der Waals surface area (Å²) < 4.78 is 23.2. The van der Waals surface area contributed by atoms with Crippen molar-refractivity contribution in [1.82, 2.24) is 0 Å². The summed E-state index contributed by atoms with van der Waals surface area (Å²) in [5, 5.41) is 0. The molecule has 0 spiro atoms. The van der Waals surface area contributed by atoms with Crippen molar-refractivity contribution in [3.05, 3.63) is 0 Å². The standard InChI is InChI=1S/C11H22O2S/c1-10(2)5-7-14(12,13)8-6-11(3,4)9-10/h5-9H2,1-4H3. The van der Waals surface area contributed by atoms with Crippen LogP contribution in [0.1, 0.15) is 47.0 Å². The Morgan fingerprint density at radius 1 is 0.857 bits per heavy atom. The van der Waals surface area contributed by atoms with E-state index < -0.39 is 9.84 Å². The molecule has 0 saturated carbocycles. The Hall–Kier alpha value is -0.0500. The monoisotopic (exact) mass is 218 g/mol. The van der Waals surface area contributed by atoms with Crippen molar-refractivity contribution in [3.8, 4) is 0 Å². The lowest BCUT2D eigenvalue weighted by atomic mass is 9.72. The summed E-state index contributed by atoms with van der Waals surface area (Å²) >= 11 is 0. The quantitative estimate of drug-likeness (QED) is 0.626. The van der Waals surface area contributed by atoms with Crippen molar-refractivity contribution in [1.29, 1.82) is 0 Å². The van der Waals surface area contributed by atoms with Gasteiger partial charge in [-0.25, -0.2) is 8.42 Å². The lowest BCUT2D eigenvalue weighted by Gasteiger charge is -2.37. The lowest BCUT2D eigenvalue weighted by molar-refractivity contribution is 0.180. The van der Waals surface area contributed by atoms with Crippen LogP contribution in [0.15, 0.2) is 0 Å². The Kier molecular flexibility index (Phi) is 3.01. The first kappa shape index (κ1) is 12.0. The van der Waals surface area contributed by atoms with Crippen LogP contribution in [0.5, 0.6) is 0 Å². The molecular weight excluding hydrogens is 196 g/mol. The van der Waals surface area contributed by atoms with E-state index in [0.29, 0.717) is 11.5 Å². The molecule has 0 bridgehead atoms. The van der Waals surface area contributed by atoms with E-state index in [1.165, 1.54) is 0 Å². The summed E-state index contributed by atoms with van der Waals surface area (Å²) in [6.45, 7) is 8.70. The predicted octanol–water partition coefficient (Wildman–Crippen LogP) is 2.64. The van der Waals surface area contributed by atoms with E-state index in [9.17, 15) is 8.42 Å². The van der Waals surface area contributed by atoms with Gasteiger partial charge in [-0.15, -0.1) is 0 Å². The molecule has 1 aliphatic rings. The summed E-state index contributed by atoms with van der Waals surface area (Å²) in [6, 6.07) is 0. The average Bonchev–Trinajstić information content (AvgIpc) is 1.96. The predicted molar refractivity (Wildman–Crippen MR) is 60.1 cm³/mol. The van der Waals surface area contributed by atoms with Gasteiger partial charge in [0.05, 0.1) is 11.5 Å². The molecule has 1 fully saturated rings. The van der Waals surface area contributed by atoms with Crippen LogP contribution in [-0.4, -0.2) is 19.9 Å². The molecule has 0 amide bonds. The van der Waals surface area contributed by atoms with Gasteiger partial charge in [0, 0.05) is 0 Å². The largest absolute Gasteiger partial charge is 0.229 e. The normalized spacial score (nSPS) is 30.3. The van der Waals surface area contributed by atoms with E-state index in [4.69, 9.17) is 0 Å². The Morgan fingerprint density at radius 3 is 1.57 bits per heavy atom. The molecule has 0 aromatic heterocycles. The van der Waals surface area contributed by atoms with E-state index in [0.717, 1.165) is 19.3 Å². The molecule has 0 atom stereocenters. The van der Waals surface area contributed by atoms with Crippen molar-refractivity contribution in [3.63, 3.8) is 0 Å². The molecule has 1 heterocycles. The smallest absolute Gasteiger partial charge is 0.150 e. The Bertz CT molecular complexity index is 275. The van der Waals surface area contributed by atoms with Gasteiger partial charge in [-0.2, -0.15) is 0 Å². The van der Waals surface area contributed by atoms with Gasteiger partial charge in [0.15, 0.2) is 0 Å². The van der Waals surface area contributed by atoms with Crippen LogP contribution in [0.3, 0.4) is 0 Å². The fourth-order valence-corrected chi connectivity index (χ4v) is 4.37. The Balaban J connectivity index is 2.86. The maximum Gasteiger partial charge on any atom is 0.150 e. The van der Waals surface area contributed by atoms with Crippen molar-refractivity contribution in [2.75, 3.05) is 11.5 Å².